The van der Waals surface area contributed by atoms with Crippen LogP contribution in [-0.4, -0.2) is 31.8 Å². The van der Waals surface area contributed by atoms with Gasteiger partial charge in [0.1, 0.15) is 12.4 Å². The largest absolute Gasteiger partial charge is 0.491 e. The van der Waals surface area contributed by atoms with E-state index in [1.165, 1.54) is 6.07 Å². The van der Waals surface area contributed by atoms with Gasteiger partial charge in [0.05, 0.1) is 23.1 Å². The van der Waals surface area contributed by atoms with Crippen molar-refractivity contribution < 1.29 is 14.4 Å². The molecule has 17 heavy (non-hydrogen) atoms. The molecule has 1 fully saturated rings. The van der Waals surface area contributed by atoms with Crippen LogP contribution in [0.1, 0.15) is 11.6 Å². The molecular formula is C11H14N2O4. The fourth-order valence-corrected chi connectivity index (χ4v) is 1.59. The zero-order valence-electron chi connectivity index (χ0n) is 9.51. The molecule has 2 rings (SSSR count). The molecule has 6 nitrogen and oxygen atoms in total. The molecule has 1 N–H and O–H groups in total. The molecule has 1 aromatic carbocycles. The second-order valence-electron chi connectivity index (χ2n) is 3.78. The average molecular weight is 238 g/mol. The minimum absolute atomic E-state index is 0.0846. The van der Waals surface area contributed by atoms with Crippen LogP contribution in [0.4, 0.5) is 5.69 Å². The molecule has 0 spiro atoms. The van der Waals surface area contributed by atoms with Crippen molar-refractivity contribution in [3.8, 4) is 5.75 Å². The average Bonchev–Trinajstić information content (AvgIpc) is 3.13. The van der Waals surface area contributed by atoms with Crippen molar-refractivity contribution >= 4 is 5.69 Å². The van der Waals surface area contributed by atoms with Crippen LogP contribution in [0, 0.1) is 10.1 Å². The Bertz CT molecular complexity index is 418. The van der Waals surface area contributed by atoms with E-state index in [0.717, 1.165) is 6.54 Å². The lowest BCUT2D eigenvalue weighted by Gasteiger charge is -2.07. The van der Waals surface area contributed by atoms with Gasteiger partial charge in [-0.25, -0.2) is 0 Å². The van der Waals surface area contributed by atoms with Crippen LogP contribution < -0.4 is 10.1 Å². The van der Waals surface area contributed by atoms with Gasteiger partial charge >= 0.3 is 0 Å². The zero-order valence-corrected chi connectivity index (χ0v) is 9.51. The fraction of sp³-hybridized carbons (Fsp3) is 0.455. The lowest BCUT2D eigenvalue weighted by atomic mass is 10.1. The predicted molar refractivity (Wildman–Crippen MR) is 61.2 cm³/mol. The van der Waals surface area contributed by atoms with E-state index in [0.29, 0.717) is 24.5 Å². The first-order valence-electron chi connectivity index (χ1n) is 5.36. The van der Waals surface area contributed by atoms with E-state index in [9.17, 15) is 10.1 Å². The van der Waals surface area contributed by atoms with E-state index in [-0.39, 0.29) is 16.7 Å². The van der Waals surface area contributed by atoms with E-state index in [1.54, 1.807) is 19.2 Å². The Morgan fingerprint density at radius 3 is 2.88 bits per heavy atom. The molecule has 0 aromatic heterocycles. The first-order valence-corrected chi connectivity index (χ1v) is 5.36. The first-order chi connectivity index (χ1) is 8.22. The van der Waals surface area contributed by atoms with Crippen LogP contribution in [0.5, 0.6) is 5.75 Å². The maximum atomic E-state index is 10.8. The second-order valence-corrected chi connectivity index (χ2v) is 3.78. The SMILES string of the molecule is COCCOc1ccc([N+](=O)[O-])c(C2CN2)c1. The summed E-state index contributed by atoms with van der Waals surface area (Å²) in [6.45, 7) is 1.71. The lowest BCUT2D eigenvalue weighted by Crippen LogP contribution is -2.05. The summed E-state index contributed by atoms with van der Waals surface area (Å²) in [6, 6.07) is 4.90. The second kappa shape index (κ2) is 5.11. The number of methoxy groups -OCH3 is 1. The molecule has 6 heteroatoms. The number of ether oxygens (including phenoxy) is 2. The molecule has 1 atom stereocenters. The molecular weight excluding hydrogens is 224 g/mol. The van der Waals surface area contributed by atoms with Gasteiger partial charge in [0.2, 0.25) is 0 Å². The number of rotatable bonds is 6. The summed E-state index contributed by atoms with van der Waals surface area (Å²) in [7, 11) is 1.60. The number of hydrogen-bond acceptors (Lipinski definition) is 5. The smallest absolute Gasteiger partial charge is 0.274 e. The Labute approximate surface area is 98.7 Å². The van der Waals surface area contributed by atoms with E-state index < -0.39 is 0 Å². The van der Waals surface area contributed by atoms with Crippen LogP contribution in [0.25, 0.3) is 0 Å². The van der Waals surface area contributed by atoms with Gasteiger partial charge in [-0.1, -0.05) is 0 Å². The number of benzene rings is 1. The highest BCUT2D eigenvalue weighted by Gasteiger charge is 2.30. The number of nitrogens with zero attached hydrogens (tertiary/aromatic N) is 1. The van der Waals surface area contributed by atoms with Crippen molar-refractivity contribution in [2.45, 2.75) is 6.04 Å². The number of nitro benzene ring substituents is 1. The van der Waals surface area contributed by atoms with Crippen molar-refractivity contribution in [3.63, 3.8) is 0 Å². The molecule has 0 aliphatic carbocycles. The number of nitrogens with one attached hydrogen (secondary N) is 1. The number of hydrogen-bond donors (Lipinski definition) is 1. The molecule has 92 valence electrons. The minimum atomic E-state index is -0.367. The Hall–Kier alpha value is -1.66. The molecule has 1 unspecified atom stereocenters. The summed E-state index contributed by atoms with van der Waals surface area (Å²) in [5.74, 6) is 0.636. The third-order valence-electron chi connectivity index (χ3n) is 2.54. The summed E-state index contributed by atoms with van der Waals surface area (Å²) in [5, 5.41) is 13.9. The normalized spacial score (nSPS) is 17.8. The van der Waals surface area contributed by atoms with E-state index in [4.69, 9.17) is 9.47 Å². The van der Waals surface area contributed by atoms with Crippen LogP contribution in [-0.2, 0) is 4.74 Å². The molecule has 0 saturated carbocycles. The van der Waals surface area contributed by atoms with E-state index in [2.05, 4.69) is 5.32 Å². The Morgan fingerprint density at radius 2 is 2.29 bits per heavy atom. The third-order valence-corrected chi connectivity index (χ3v) is 2.54. The Kier molecular flexibility index (Phi) is 3.55. The van der Waals surface area contributed by atoms with Gasteiger partial charge in [0.25, 0.3) is 5.69 Å². The molecule has 0 radical (unpaired) electrons. The van der Waals surface area contributed by atoms with Gasteiger partial charge in [-0.3, -0.25) is 10.1 Å². The van der Waals surface area contributed by atoms with Crippen LogP contribution in [0.3, 0.4) is 0 Å². The topological polar surface area (TPSA) is 83.5 Å². The minimum Gasteiger partial charge on any atom is -0.491 e. The van der Waals surface area contributed by atoms with Crippen molar-refractivity contribution in [2.75, 3.05) is 26.9 Å². The van der Waals surface area contributed by atoms with Crippen molar-refractivity contribution in [3.05, 3.63) is 33.9 Å². The third kappa shape index (κ3) is 2.92. The van der Waals surface area contributed by atoms with E-state index >= 15 is 0 Å². The van der Waals surface area contributed by atoms with Crippen LogP contribution in [0.2, 0.25) is 0 Å². The molecule has 0 amide bonds. The lowest BCUT2D eigenvalue weighted by molar-refractivity contribution is -0.385. The predicted octanol–water partition coefficient (Wildman–Crippen LogP) is 1.26. The van der Waals surface area contributed by atoms with Gasteiger partial charge in [0, 0.05) is 19.7 Å². The first kappa shape index (κ1) is 11.8. The maximum absolute atomic E-state index is 10.8. The summed E-state index contributed by atoms with van der Waals surface area (Å²) in [4.78, 5) is 10.5. The van der Waals surface area contributed by atoms with Crippen LogP contribution in [0.15, 0.2) is 18.2 Å². The molecule has 1 aliphatic heterocycles. The van der Waals surface area contributed by atoms with Gasteiger partial charge < -0.3 is 14.8 Å². The summed E-state index contributed by atoms with van der Waals surface area (Å²) in [6.07, 6.45) is 0. The summed E-state index contributed by atoms with van der Waals surface area (Å²) >= 11 is 0. The van der Waals surface area contributed by atoms with Crippen molar-refractivity contribution in [1.29, 1.82) is 0 Å². The highest BCUT2D eigenvalue weighted by atomic mass is 16.6. The molecule has 0 bridgehead atoms. The Balaban J connectivity index is 2.14. The van der Waals surface area contributed by atoms with Gasteiger partial charge in [0.15, 0.2) is 0 Å². The monoisotopic (exact) mass is 238 g/mol. The highest BCUT2D eigenvalue weighted by molar-refractivity contribution is 5.48. The van der Waals surface area contributed by atoms with Gasteiger partial charge in [-0.15, -0.1) is 0 Å². The molecule has 1 aromatic rings. The number of nitro groups is 1. The highest BCUT2D eigenvalue weighted by Crippen LogP contribution is 2.33. The fourth-order valence-electron chi connectivity index (χ4n) is 1.59. The van der Waals surface area contributed by atoms with Gasteiger partial charge in [-0.2, -0.15) is 0 Å². The van der Waals surface area contributed by atoms with Crippen molar-refractivity contribution in [1.82, 2.24) is 5.32 Å². The quantitative estimate of drug-likeness (QED) is 0.349. The Morgan fingerprint density at radius 1 is 1.53 bits per heavy atom. The summed E-state index contributed by atoms with van der Waals surface area (Å²) < 4.78 is 10.3. The zero-order chi connectivity index (χ0) is 12.3. The summed E-state index contributed by atoms with van der Waals surface area (Å²) in [5.41, 5.74) is 0.823. The molecule has 1 heterocycles. The molecule has 1 aliphatic rings. The molecule has 1 saturated heterocycles. The van der Waals surface area contributed by atoms with Gasteiger partial charge in [-0.05, 0) is 12.1 Å². The van der Waals surface area contributed by atoms with E-state index in [1.807, 2.05) is 0 Å². The van der Waals surface area contributed by atoms with Crippen molar-refractivity contribution in [2.24, 2.45) is 0 Å². The maximum Gasteiger partial charge on any atom is 0.274 e. The van der Waals surface area contributed by atoms with Crippen LogP contribution >= 0.6 is 0 Å². The standard InChI is InChI=1S/C11H14N2O4/c1-16-4-5-17-8-2-3-11(13(14)15)9(6-8)10-7-12-10/h2-3,6,10,12H,4-5,7H2,1H3.